The van der Waals surface area contributed by atoms with Crippen molar-refractivity contribution in [3.05, 3.63) is 44.5 Å². The van der Waals surface area contributed by atoms with Crippen LogP contribution in [0.4, 0.5) is 0 Å². The quantitative estimate of drug-likeness (QED) is 0.144. The Labute approximate surface area is 644 Å². The summed E-state index contributed by atoms with van der Waals surface area (Å²) in [5.74, 6) is 0.125. The van der Waals surface area contributed by atoms with E-state index in [1.54, 1.807) is 582 Å². The first-order valence-corrected chi connectivity index (χ1v) is 45.5. The van der Waals surface area contributed by atoms with Crippen molar-refractivity contribution in [2.75, 3.05) is 0 Å². The largest absolute Gasteiger partial charge is 0.0485 e. The molecule has 56 aromatic carbocycles. The summed E-state index contributed by atoms with van der Waals surface area (Å²) >= 11 is 0. The molecule has 120 heavy (non-hydrogen) atoms. The van der Waals surface area contributed by atoms with Crippen molar-refractivity contribution in [1.29, 1.82) is 0 Å². The second-order valence-electron chi connectivity index (χ2n) is 46.1. The molecule has 482 valence electrons. The molecule has 8 aliphatic carbocycles. The predicted molar refractivity (Wildman–Crippen MR) is 510 cm³/mol. The van der Waals surface area contributed by atoms with Gasteiger partial charge in [-0.15, -0.1) is 0 Å². The molecule has 0 heterocycles. The zero-order valence-corrected chi connectivity index (χ0v) is 60.2. The molecule has 0 atom stereocenters. The van der Waals surface area contributed by atoms with Crippen LogP contribution in [0.5, 0.6) is 0 Å². The van der Waals surface area contributed by atoms with Crippen LogP contribution in [-0.2, 0) is 10.8 Å². The highest BCUT2D eigenvalue weighted by molar-refractivity contribution is 6.88. The Morgan fingerprint density at radius 1 is 0.0667 bits per heavy atom. The molecule has 0 radical (unpaired) electrons. The SMILES string of the molecule is c12c3c4c5c6c7c8c9c%10c(c%11c1c1c%12c3c3c4c4c6c6c%13c7c7c9c9c%10c%10c%11c%11c1c1c%12c%12c3c3c4c6c4c6c%13c7c7c9c9c%10c%11c%10c1c1c%12c3c4c3c6c7c9c%10c13)C2C58C12c3c4c5c6c7c8c(c9c%10c1c1c3c3c%11c4c4c5c5c7c7c%12c8c8c9c9c%10c%10c1c1c3c3c%11c%11c4c4c5c7c5c7c%12c8c8c9c9c%10c1c1c3c3c%11c4c5c4c7c8c9c1c34)C62. The summed E-state index contributed by atoms with van der Waals surface area (Å²) in [5.41, 5.74) is 13.6. The Morgan fingerprint density at radius 2 is 0.125 bits per heavy atom. The van der Waals surface area contributed by atoms with Crippen LogP contribution >= 0.6 is 0 Å². The average Bonchev–Trinajstić information content (AvgIpc) is 1.38. The molecule has 56 aromatic rings. The fraction of sp³-hybridized carbons (Fsp3) is 0.0333. The first kappa shape index (κ1) is 41.2. The first-order valence-electron chi connectivity index (χ1n) is 45.5. The van der Waals surface area contributed by atoms with Gasteiger partial charge in [0.25, 0.3) is 0 Å². The lowest BCUT2D eigenvalue weighted by atomic mass is 9.38. The molecule has 0 bridgehead atoms. The van der Waals surface area contributed by atoms with Crippen LogP contribution in [0.1, 0.15) is 56.3 Å². The lowest BCUT2D eigenvalue weighted by Gasteiger charge is -2.61. The Hall–Kier alpha value is -15.1. The summed E-state index contributed by atoms with van der Waals surface area (Å²) < 4.78 is 0. The maximum Gasteiger partial charge on any atom is 0.0485 e. The molecule has 0 unspecified atom stereocenters. The van der Waals surface area contributed by atoms with Crippen molar-refractivity contribution in [2.24, 2.45) is 0 Å². The van der Waals surface area contributed by atoms with Gasteiger partial charge in [0.2, 0.25) is 0 Å². The monoisotopic (exact) mass is 1440 g/mol. The van der Waals surface area contributed by atoms with Gasteiger partial charge >= 0.3 is 0 Å². The normalized spacial score (nSPS) is 22.4. The zero-order chi connectivity index (χ0) is 69.1. The summed E-state index contributed by atoms with van der Waals surface area (Å²) in [5, 5.41) is 185. The maximum absolute atomic E-state index is 1.88. The van der Waals surface area contributed by atoms with Gasteiger partial charge in [-0.25, -0.2) is 0 Å². The molecule has 8 aliphatic rings. The van der Waals surface area contributed by atoms with E-state index in [1.165, 1.54) is 0 Å². The van der Waals surface area contributed by atoms with Crippen LogP contribution in [0.3, 0.4) is 0 Å². The second kappa shape index (κ2) is 8.94. The van der Waals surface area contributed by atoms with Crippen molar-refractivity contribution >= 4 is 582 Å². The van der Waals surface area contributed by atoms with Crippen molar-refractivity contribution in [3.63, 3.8) is 0 Å². The third-order valence-corrected chi connectivity index (χ3v) is 46.9. The summed E-state index contributed by atoms with van der Waals surface area (Å²) in [6.45, 7) is 0. The van der Waals surface area contributed by atoms with Crippen LogP contribution in [0.25, 0.3) is 582 Å². The molecular weight excluding hydrogens is 1440 g/mol. The van der Waals surface area contributed by atoms with Gasteiger partial charge in [0, 0.05) is 22.7 Å². The summed E-state index contributed by atoms with van der Waals surface area (Å²) in [4.78, 5) is 0. The zero-order valence-electron chi connectivity index (χ0n) is 60.2. The molecule has 0 saturated carbocycles. The van der Waals surface area contributed by atoms with E-state index in [0.717, 1.165) is 0 Å². The first-order chi connectivity index (χ1) is 60.0. The van der Waals surface area contributed by atoms with Gasteiger partial charge in [-0.2, -0.15) is 0 Å². The Kier molecular flexibility index (Phi) is 3.07. The fourth-order valence-electron chi connectivity index (χ4n) is 47.6. The standard InChI is InChI=1S/C120H2/c1-3-9-10-4(1)18-22-14-7(1)13-21-17(3)29-37-33(9)49-50-34(10)38-30(18)46-42(22)58-54-26(14)25(13)53-57-41(21)45(29)73-77-61(37)65(49)93-94-66(50)62(38)78-74(46)86-82(58)90-70(54)69(53)89-81(57)85(73)101-97(77)105(93)113-106(94)98(78)102(86)116-110(90)109(89)115(101)119(113,116)120-114-107-95-67-51-35-11-5-2-6-12(11)36-40-32-20(6)24-16-8(2)15-23-19(5)31-39(35)63(67)79-75-47(31)43(23)59-55-27(15)28(16)56-60-44(24)48(32)76-80-64(40)68(52(36)51)96(95)108(114)100(80)104-88(76)84(60)92-72(56)71(55)91-83(59)87(75)103(99(79)107)117(120)111(91)112(92)118(104)120/h113-114H. The average molecular weight is 1440 g/mol. The Balaban J connectivity index is 0.792. The highest BCUT2D eigenvalue weighted by Gasteiger charge is 2.78. The fourth-order valence-corrected chi connectivity index (χ4v) is 47.6. The molecule has 0 fully saturated rings. The van der Waals surface area contributed by atoms with E-state index in [1.807, 2.05) is 44.5 Å². The highest BCUT2D eigenvalue weighted by atomic mass is 14.8. The van der Waals surface area contributed by atoms with Crippen molar-refractivity contribution in [1.82, 2.24) is 0 Å². The molecule has 0 aromatic heterocycles. The lowest BCUT2D eigenvalue weighted by molar-refractivity contribution is 0.269. The molecular formula is C120H2. The minimum Gasteiger partial charge on any atom is -0.0221 e. The van der Waals surface area contributed by atoms with Gasteiger partial charge in [0.15, 0.2) is 0 Å². The smallest absolute Gasteiger partial charge is 0.0221 e. The van der Waals surface area contributed by atoms with Gasteiger partial charge in [-0.05, 0) is 626 Å². The highest BCUT2D eigenvalue weighted by Crippen LogP contribution is 2.93. The number of benzene rings is 36. The van der Waals surface area contributed by atoms with Gasteiger partial charge < -0.3 is 0 Å². The topological polar surface area (TPSA) is 0 Å². The van der Waals surface area contributed by atoms with E-state index in [-0.39, 0.29) is 11.8 Å². The number of rotatable bonds is 1. The minimum atomic E-state index is -0.619. The predicted octanol–water partition coefficient (Wildman–Crippen LogP) is 33.3. The van der Waals surface area contributed by atoms with Crippen molar-refractivity contribution < 1.29 is 0 Å². The molecule has 0 N–H and O–H groups in total. The molecule has 0 spiro atoms. The molecule has 0 nitrogen and oxygen atoms in total. The molecule has 0 heteroatoms. The van der Waals surface area contributed by atoms with Crippen LogP contribution in [0, 0.1) is 0 Å². The number of hydrogen-bond acceptors (Lipinski definition) is 0. The second-order valence-corrected chi connectivity index (χ2v) is 46.1. The third kappa shape index (κ3) is 2.03. The van der Waals surface area contributed by atoms with Crippen LogP contribution in [-0.4, -0.2) is 0 Å². The molecule has 0 saturated heterocycles. The molecule has 0 amide bonds. The van der Waals surface area contributed by atoms with E-state index < -0.39 is 10.8 Å². The summed E-state index contributed by atoms with van der Waals surface area (Å²) in [7, 11) is 0. The minimum absolute atomic E-state index is 0.0623. The van der Waals surface area contributed by atoms with Crippen molar-refractivity contribution in [2.45, 2.75) is 22.7 Å². The molecule has 0 aliphatic heterocycles. The van der Waals surface area contributed by atoms with E-state index in [0.29, 0.717) is 0 Å². The summed E-state index contributed by atoms with van der Waals surface area (Å²) in [6.07, 6.45) is 0. The van der Waals surface area contributed by atoms with Crippen LogP contribution < -0.4 is 0 Å². The van der Waals surface area contributed by atoms with Gasteiger partial charge in [-0.3, -0.25) is 0 Å². The Bertz CT molecular complexity index is 14100. The summed E-state index contributed by atoms with van der Waals surface area (Å²) in [6, 6.07) is 0. The van der Waals surface area contributed by atoms with Gasteiger partial charge in [-0.1, -0.05) is 0 Å². The van der Waals surface area contributed by atoms with Gasteiger partial charge in [0.05, 0.1) is 0 Å². The Morgan fingerprint density at radius 3 is 0.217 bits per heavy atom. The lowest BCUT2D eigenvalue weighted by Crippen LogP contribution is -2.58. The van der Waals surface area contributed by atoms with Gasteiger partial charge in [0.1, 0.15) is 0 Å². The van der Waals surface area contributed by atoms with E-state index >= 15 is 0 Å². The van der Waals surface area contributed by atoms with E-state index in [9.17, 15) is 0 Å². The number of hydrogen-bond donors (Lipinski definition) is 0. The van der Waals surface area contributed by atoms with Crippen molar-refractivity contribution in [3.8, 4) is 0 Å². The molecule has 64 rings (SSSR count). The van der Waals surface area contributed by atoms with Crippen LogP contribution in [0.2, 0.25) is 0 Å². The van der Waals surface area contributed by atoms with Crippen LogP contribution in [0.15, 0.2) is 0 Å². The third-order valence-electron chi connectivity index (χ3n) is 46.9. The maximum atomic E-state index is 1.88. The van der Waals surface area contributed by atoms with E-state index in [2.05, 4.69) is 0 Å². The van der Waals surface area contributed by atoms with E-state index in [4.69, 9.17) is 0 Å².